The fourth-order valence-electron chi connectivity index (χ4n) is 2.34. The van der Waals surface area contributed by atoms with E-state index in [-0.39, 0.29) is 36.4 Å². The highest BCUT2D eigenvalue weighted by Crippen LogP contribution is 2.12. The number of ether oxygens (including phenoxy) is 2. The van der Waals surface area contributed by atoms with Gasteiger partial charge in [-0.3, -0.25) is 4.99 Å². The van der Waals surface area contributed by atoms with Crippen molar-refractivity contribution in [3.63, 3.8) is 0 Å². The Morgan fingerprint density at radius 1 is 1.00 bits per heavy atom. The van der Waals surface area contributed by atoms with Gasteiger partial charge in [-0.05, 0) is 35.4 Å². The van der Waals surface area contributed by atoms with E-state index in [0.29, 0.717) is 24.6 Å². The highest BCUT2D eigenvalue weighted by atomic mass is 127. The van der Waals surface area contributed by atoms with Crippen LogP contribution in [0.25, 0.3) is 0 Å². The van der Waals surface area contributed by atoms with E-state index in [2.05, 4.69) is 15.6 Å². The normalized spacial score (nSPS) is 10.8. The van der Waals surface area contributed by atoms with Crippen molar-refractivity contribution in [1.82, 2.24) is 10.6 Å². The van der Waals surface area contributed by atoms with Crippen LogP contribution in [-0.4, -0.2) is 27.2 Å². The maximum Gasteiger partial charge on any atom is 0.191 e. The van der Waals surface area contributed by atoms with Crippen molar-refractivity contribution in [3.05, 3.63) is 65.0 Å². The van der Waals surface area contributed by atoms with E-state index in [4.69, 9.17) is 9.47 Å². The number of guanidine groups is 1. The molecule has 0 amide bonds. The van der Waals surface area contributed by atoms with Crippen LogP contribution in [0.1, 0.15) is 16.7 Å². The molecule has 0 aromatic heterocycles. The van der Waals surface area contributed by atoms with Gasteiger partial charge in [0.15, 0.2) is 5.96 Å². The second-order valence-electron chi connectivity index (χ2n) is 5.49. The molecular weight excluding hydrogens is 448 g/mol. The Morgan fingerprint density at radius 3 is 2.19 bits per heavy atom. The lowest BCUT2D eigenvalue weighted by molar-refractivity contribution is 0.181. The van der Waals surface area contributed by atoms with Crippen LogP contribution in [0, 0.1) is 5.82 Å². The first-order valence-electron chi connectivity index (χ1n) is 8.00. The summed E-state index contributed by atoms with van der Waals surface area (Å²) in [5.41, 5.74) is 2.62. The lowest BCUT2D eigenvalue weighted by Crippen LogP contribution is -2.36. The van der Waals surface area contributed by atoms with E-state index in [1.807, 2.05) is 24.3 Å². The Labute approximate surface area is 171 Å². The van der Waals surface area contributed by atoms with Crippen molar-refractivity contribution in [1.29, 1.82) is 0 Å². The molecule has 0 fully saturated rings. The number of halogens is 2. The zero-order valence-corrected chi connectivity index (χ0v) is 17.5. The molecule has 2 aromatic rings. The topological polar surface area (TPSA) is 54.9 Å². The van der Waals surface area contributed by atoms with Gasteiger partial charge in [-0.2, -0.15) is 0 Å². The summed E-state index contributed by atoms with van der Waals surface area (Å²) in [6, 6.07) is 12.8. The maximum atomic E-state index is 13.6. The van der Waals surface area contributed by atoms with Crippen molar-refractivity contribution >= 4 is 29.9 Å². The minimum absolute atomic E-state index is 0. The number of benzene rings is 2. The van der Waals surface area contributed by atoms with Gasteiger partial charge < -0.3 is 20.1 Å². The first kappa shape index (κ1) is 22.2. The summed E-state index contributed by atoms with van der Waals surface area (Å²) >= 11 is 0. The molecule has 5 nitrogen and oxygen atoms in total. The van der Waals surface area contributed by atoms with Gasteiger partial charge >= 0.3 is 0 Å². The number of nitrogens with zero attached hydrogens (tertiary/aromatic N) is 1. The second kappa shape index (κ2) is 11.7. The summed E-state index contributed by atoms with van der Waals surface area (Å²) in [4.78, 5) is 4.20. The molecule has 0 aliphatic heterocycles. The molecule has 26 heavy (non-hydrogen) atoms. The lowest BCUT2D eigenvalue weighted by atomic mass is 10.1. The average molecular weight is 473 g/mol. The zero-order valence-electron chi connectivity index (χ0n) is 15.2. The van der Waals surface area contributed by atoms with E-state index < -0.39 is 0 Å². The monoisotopic (exact) mass is 473 g/mol. The highest BCUT2D eigenvalue weighted by molar-refractivity contribution is 14.0. The van der Waals surface area contributed by atoms with Crippen molar-refractivity contribution in [2.75, 3.05) is 21.3 Å². The van der Waals surface area contributed by atoms with E-state index in [1.54, 1.807) is 33.4 Å². The highest BCUT2D eigenvalue weighted by Gasteiger charge is 2.05. The molecule has 7 heteroatoms. The molecule has 0 aliphatic rings. The number of hydrogen-bond acceptors (Lipinski definition) is 3. The van der Waals surface area contributed by atoms with Crippen LogP contribution in [0.4, 0.5) is 4.39 Å². The fourth-order valence-corrected chi connectivity index (χ4v) is 2.34. The smallest absolute Gasteiger partial charge is 0.191 e. The van der Waals surface area contributed by atoms with Crippen LogP contribution in [-0.2, 0) is 24.4 Å². The van der Waals surface area contributed by atoms with Crippen LogP contribution in [0.15, 0.2) is 47.5 Å². The van der Waals surface area contributed by atoms with Crippen LogP contribution < -0.4 is 15.4 Å². The Balaban J connectivity index is 0.00000338. The Hall–Kier alpha value is -1.87. The van der Waals surface area contributed by atoms with Crippen molar-refractivity contribution in [2.45, 2.75) is 19.7 Å². The van der Waals surface area contributed by atoms with Gasteiger partial charge in [0.05, 0.1) is 13.7 Å². The summed E-state index contributed by atoms with van der Waals surface area (Å²) in [5.74, 6) is 1.25. The molecule has 0 spiro atoms. The van der Waals surface area contributed by atoms with Crippen LogP contribution in [0.5, 0.6) is 5.75 Å². The van der Waals surface area contributed by atoms with Crippen LogP contribution in [0.2, 0.25) is 0 Å². The lowest BCUT2D eigenvalue weighted by Gasteiger charge is -2.13. The minimum atomic E-state index is -0.257. The molecule has 2 aromatic carbocycles. The molecule has 0 atom stereocenters. The van der Waals surface area contributed by atoms with Gasteiger partial charge in [0.1, 0.15) is 11.6 Å². The summed E-state index contributed by atoms with van der Waals surface area (Å²) in [5, 5.41) is 6.46. The summed E-state index contributed by atoms with van der Waals surface area (Å²) in [6.45, 7) is 1.44. The third-order valence-electron chi connectivity index (χ3n) is 3.71. The molecule has 0 heterocycles. The molecule has 142 valence electrons. The van der Waals surface area contributed by atoms with Gasteiger partial charge in [-0.25, -0.2) is 4.39 Å². The minimum Gasteiger partial charge on any atom is -0.497 e. The van der Waals surface area contributed by atoms with Crippen molar-refractivity contribution in [2.24, 2.45) is 4.99 Å². The van der Waals surface area contributed by atoms with Crippen LogP contribution in [0.3, 0.4) is 0 Å². The second-order valence-corrected chi connectivity index (χ2v) is 5.49. The van der Waals surface area contributed by atoms with Crippen molar-refractivity contribution < 1.29 is 13.9 Å². The van der Waals surface area contributed by atoms with E-state index in [0.717, 1.165) is 16.9 Å². The largest absolute Gasteiger partial charge is 0.497 e. The zero-order chi connectivity index (χ0) is 18.1. The predicted octanol–water partition coefficient (Wildman–Crippen LogP) is 3.46. The van der Waals surface area contributed by atoms with Gasteiger partial charge in [0, 0.05) is 32.8 Å². The van der Waals surface area contributed by atoms with Gasteiger partial charge in [0.2, 0.25) is 0 Å². The molecule has 0 radical (unpaired) electrons. The Kier molecular flexibility index (Phi) is 9.97. The Morgan fingerprint density at radius 2 is 1.62 bits per heavy atom. The predicted molar refractivity (Wildman–Crippen MR) is 113 cm³/mol. The number of aliphatic imine (C=N–C) groups is 1. The van der Waals surface area contributed by atoms with E-state index >= 15 is 0 Å². The molecule has 0 saturated heterocycles. The maximum absolute atomic E-state index is 13.6. The van der Waals surface area contributed by atoms with E-state index in [1.165, 1.54) is 6.07 Å². The first-order valence-corrected chi connectivity index (χ1v) is 8.00. The van der Waals surface area contributed by atoms with E-state index in [9.17, 15) is 4.39 Å². The first-order chi connectivity index (χ1) is 12.2. The molecule has 2 rings (SSSR count). The van der Waals surface area contributed by atoms with Crippen molar-refractivity contribution in [3.8, 4) is 5.75 Å². The van der Waals surface area contributed by atoms with Crippen LogP contribution >= 0.6 is 24.0 Å². The number of hydrogen-bond donors (Lipinski definition) is 2. The summed E-state index contributed by atoms with van der Waals surface area (Å²) in [6.07, 6.45) is 0. The molecule has 0 saturated carbocycles. The number of rotatable bonds is 7. The quantitative estimate of drug-likeness (QED) is 0.368. The SMILES string of the molecule is CN=C(NCc1ccc(OC)cc1)NCc1ccc(F)c(COC)c1.I. The number of nitrogens with one attached hydrogen (secondary N) is 2. The third kappa shape index (κ3) is 6.80. The average Bonchev–Trinajstić information content (AvgIpc) is 2.65. The van der Waals surface area contributed by atoms with Gasteiger partial charge in [0.25, 0.3) is 0 Å². The standard InChI is InChI=1S/C19H24FN3O2.HI/c1-21-19(22-11-14-4-7-17(25-3)8-5-14)23-12-15-6-9-18(20)16(10-15)13-24-2;/h4-10H,11-13H2,1-3H3,(H2,21,22,23);1H. The molecule has 0 aliphatic carbocycles. The summed E-state index contributed by atoms with van der Waals surface area (Å²) in [7, 11) is 4.91. The molecule has 2 N–H and O–H groups in total. The Bertz CT molecular complexity index is 708. The number of methoxy groups -OCH3 is 2. The fraction of sp³-hybridized carbons (Fsp3) is 0.316. The molecule has 0 unspecified atom stereocenters. The van der Waals surface area contributed by atoms with Gasteiger partial charge in [-0.15, -0.1) is 24.0 Å². The third-order valence-corrected chi connectivity index (χ3v) is 3.71. The van der Waals surface area contributed by atoms with Gasteiger partial charge in [-0.1, -0.05) is 18.2 Å². The molecule has 0 bridgehead atoms. The summed E-state index contributed by atoms with van der Waals surface area (Å²) < 4.78 is 23.8. The molecular formula is C19H25FIN3O2.